The summed E-state index contributed by atoms with van der Waals surface area (Å²) in [6.07, 6.45) is 0.105. The molecular formula is C21H29FN4O3. The van der Waals surface area contributed by atoms with Crippen LogP contribution in [0.1, 0.15) is 26.3 Å². The maximum atomic E-state index is 13.9. The summed E-state index contributed by atoms with van der Waals surface area (Å²) in [7, 11) is 0. The molecule has 2 aliphatic rings. The molecule has 8 heteroatoms. The molecule has 2 bridgehead atoms. The van der Waals surface area contributed by atoms with Crippen LogP contribution >= 0.6 is 0 Å². The number of benzene rings is 1. The topological polar surface area (TPSA) is 77.8 Å². The molecule has 1 amide bonds. The summed E-state index contributed by atoms with van der Waals surface area (Å²) in [6, 6.07) is 6.12. The number of nitrogens with zero attached hydrogens (tertiary/aromatic N) is 3. The molecule has 158 valence electrons. The molecule has 2 atom stereocenters. The first kappa shape index (κ1) is 21.5. The summed E-state index contributed by atoms with van der Waals surface area (Å²) < 4.78 is 25.5. The highest BCUT2D eigenvalue weighted by molar-refractivity contribution is 5.78. The Hall–Kier alpha value is -2.21. The average molecular weight is 404 g/mol. The lowest BCUT2D eigenvalue weighted by Gasteiger charge is -2.45. The molecule has 1 aromatic rings. The van der Waals surface area contributed by atoms with Crippen LogP contribution in [-0.2, 0) is 9.53 Å². The van der Waals surface area contributed by atoms with E-state index >= 15 is 0 Å². The summed E-state index contributed by atoms with van der Waals surface area (Å²) in [5.74, 6) is -0.326. The van der Waals surface area contributed by atoms with Crippen LogP contribution in [0.5, 0.6) is 5.75 Å². The summed E-state index contributed by atoms with van der Waals surface area (Å²) >= 11 is 0. The third-order valence-corrected chi connectivity index (χ3v) is 4.84. The Morgan fingerprint density at radius 2 is 1.93 bits per heavy atom. The molecule has 0 spiro atoms. The van der Waals surface area contributed by atoms with Crippen molar-refractivity contribution >= 4 is 5.91 Å². The minimum absolute atomic E-state index is 0.0344. The third kappa shape index (κ3) is 6.39. The van der Waals surface area contributed by atoms with Gasteiger partial charge < -0.3 is 14.8 Å². The van der Waals surface area contributed by atoms with Crippen LogP contribution in [0.25, 0.3) is 0 Å². The van der Waals surface area contributed by atoms with Crippen LogP contribution in [0.15, 0.2) is 18.2 Å². The van der Waals surface area contributed by atoms with Gasteiger partial charge in [0.15, 0.2) is 11.6 Å². The van der Waals surface area contributed by atoms with Gasteiger partial charge in [0.05, 0.1) is 30.4 Å². The Morgan fingerprint density at radius 3 is 2.52 bits per heavy atom. The van der Waals surface area contributed by atoms with Gasteiger partial charge in [-0.15, -0.1) is 0 Å². The van der Waals surface area contributed by atoms with E-state index in [1.807, 2.05) is 26.8 Å². The van der Waals surface area contributed by atoms with E-state index in [1.165, 1.54) is 12.1 Å². The van der Waals surface area contributed by atoms with Crippen molar-refractivity contribution in [3.05, 3.63) is 29.6 Å². The fraction of sp³-hybridized carbons (Fsp3) is 0.619. The summed E-state index contributed by atoms with van der Waals surface area (Å²) in [4.78, 5) is 16.6. The van der Waals surface area contributed by atoms with Crippen LogP contribution in [0.4, 0.5) is 4.39 Å². The van der Waals surface area contributed by atoms with Crippen molar-refractivity contribution in [2.45, 2.75) is 38.5 Å². The molecule has 2 fully saturated rings. The van der Waals surface area contributed by atoms with Crippen molar-refractivity contribution in [1.82, 2.24) is 15.1 Å². The smallest absolute Gasteiger partial charge is 0.234 e. The van der Waals surface area contributed by atoms with Gasteiger partial charge in [0.25, 0.3) is 0 Å². The summed E-state index contributed by atoms with van der Waals surface area (Å²) in [5, 5.41) is 11.8. The molecule has 29 heavy (non-hydrogen) atoms. The lowest BCUT2D eigenvalue weighted by molar-refractivity contribution is -0.146. The highest BCUT2D eigenvalue weighted by Gasteiger charge is 2.35. The second kappa shape index (κ2) is 9.08. The van der Waals surface area contributed by atoms with Gasteiger partial charge in [0.1, 0.15) is 6.61 Å². The van der Waals surface area contributed by atoms with Crippen molar-refractivity contribution < 1.29 is 18.7 Å². The highest BCUT2D eigenvalue weighted by Crippen LogP contribution is 2.20. The molecule has 2 heterocycles. The lowest BCUT2D eigenvalue weighted by atomic mass is 10.1. The van der Waals surface area contributed by atoms with Crippen LogP contribution in [0, 0.1) is 17.1 Å². The van der Waals surface area contributed by atoms with Gasteiger partial charge in [-0.05, 0) is 39.0 Å². The Bertz CT molecular complexity index is 760. The molecule has 0 aromatic heterocycles. The molecule has 0 aliphatic carbocycles. The van der Waals surface area contributed by atoms with E-state index in [-0.39, 0.29) is 35.0 Å². The van der Waals surface area contributed by atoms with Crippen molar-refractivity contribution in [2.24, 2.45) is 0 Å². The van der Waals surface area contributed by atoms with Crippen molar-refractivity contribution in [3.8, 4) is 11.8 Å². The zero-order chi connectivity index (χ0) is 21.0. The Morgan fingerprint density at radius 1 is 1.28 bits per heavy atom. The Balaban J connectivity index is 1.43. The van der Waals surface area contributed by atoms with Gasteiger partial charge in [-0.2, -0.15) is 5.26 Å². The second-order valence-corrected chi connectivity index (χ2v) is 8.74. The van der Waals surface area contributed by atoms with E-state index in [4.69, 9.17) is 14.7 Å². The monoisotopic (exact) mass is 404 g/mol. The number of hydrogen-bond acceptors (Lipinski definition) is 6. The molecule has 3 rings (SSSR count). The summed E-state index contributed by atoms with van der Waals surface area (Å²) in [6.45, 7) is 10.3. The van der Waals surface area contributed by atoms with E-state index < -0.39 is 5.82 Å². The number of rotatable bonds is 6. The number of morpholine rings is 2. The molecular weight excluding hydrogens is 375 g/mol. The van der Waals surface area contributed by atoms with Crippen molar-refractivity contribution in [1.29, 1.82) is 5.26 Å². The van der Waals surface area contributed by atoms with Gasteiger partial charge in [-0.1, -0.05) is 0 Å². The predicted octanol–water partition coefficient (Wildman–Crippen LogP) is 1.38. The van der Waals surface area contributed by atoms with E-state index in [2.05, 4.69) is 15.1 Å². The number of carbonyl (C=O) groups excluding carboxylic acids is 1. The predicted molar refractivity (Wildman–Crippen MR) is 106 cm³/mol. The van der Waals surface area contributed by atoms with Crippen LogP contribution < -0.4 is 10.1 Å². The Labute approximate surface area is 171 Å². The highest BCUT2D eigenvalue weighted by atomic mass is 19.1. The first-order chi connectivity index (χ1) is 13.7. The maximum Gasteiger partial charge on any atom is 0.234 e. The molecule has 2 unspecified atom stereocenters. The number of fused-ring (bicyclic) bond motifs is 2. The molecule has 0 saturated carbocycles. The number of carbonyl (C=O) groups is 1. The Kier molecular flexibility index (Phi) is 6.73. The second-order valence-electron chi connectivity index (χ2n) is 8.74. The number of nitriles is 1. The zero-order valence-corrected chi connectivity index (χ0v) is 17.3. The third-order valence-electron chi connectivity index (χ3n) is 4.84. The lowest BCUT2D eigenvalue weighted by Crippen LogP contribution is -2.61. The van der Waals surface area contributed by atoms with Crippen LogP contribution in [-0.4, -0.2) is 79.3 Å². The largest absolute Gasteiger partial charge is 0.489 e. The molecule has 1 aromatic carbocycles. The first-order valence-corrected chi connectivity index (χ1v) is 9.95. The van der Waals surface area contributed by atoms with Crippen molar-refractivity contribution in [2.75, 3.05) is 45.9 Å². The fourth-order valence-corrected chi connectivity index (χ4v) is 3.81. The number of halogens is 1. The number of ether oxygens (including phenoxy) is 2. The van der Waals surface area contributed by atoms with Gasteiger partial charge >= 0.3 is 0 Å². The van der Waals surface area contributed by atoms with Crippen LogP contribution in [0.3, 0.4) is 0 Å². The van der Waals surface area contributed by atoms with Gasteiger partial charge in [-0.25, -0.2) is 4.39 Å². The maximum absolute atomic E-state index is 13.9. The summed E-state index contributed by atoms with van der Waals surface area (Å²) in [5.41, 5.74) is 0.0429. The minimum atomic E-state index is -0.521. The standard InChI is InChI=1S/C21H29FN4O3/c1-21(2,3)24-20(27)14-26-12-16-10-25(11-17(13-26)29-16)6-7-28-19-5-4-15(9-23)8-18(19)22/h4-5,8,16-17H,6-7,10-14H2,1-3H3,(H,24,27). The fourth-order valence-electron chi connectivity index (χ4n) is 3.81. The average Bonchev–Trinajstić information content (AvgIpc) is 2.60. The normalized spacial score (nSPS) is 22.7. The van der Waals surface area contributed by atoms with E-state index in [9.17, 15) is 9.18 Å². The number of nitrogens with one attached hydrogen (secondary N) is 1. The van der Waals surface area contributed by atoms with Gasteiger partial charge in [0, 0.05) is 38.3 Å². The van der Waals surface area contributed by atoms with E-state index in [0.717, 1.165) is 26.2 Å². The zero-order valence-electron chi connectivity index (χ0n) is 17.3. The number of amides is 1. The van der Waals surface area contributed by atoms with E-state index in [1.54, 1.807) is 6.07 Å². The van der Waals surface area contributed by atoms with E-state index in [0.29, 0.717) is 19.7 Å². The van der Waals surface area contributed by atoms with Crippen LogP contribution in [0.2, 0.25) is 0 Å². The number of hydrogen-bond donors (Lipinski definition) is 1. The molecule has 0 radical (unpaired) electrons. The first-order valence-electron chi connectivity index (χ1n) is 9.95. The quantitative estimate of drug-likeness (QED) is 0.772. The molecule has 7 nitrogen and oxygen atoms in total. The molecule has 1 N–H and O–H groups in total. The van der Waals surface area contributed by atoms with Gasteiger partial charge in [0.2, 0.25) is 5.91 Å². The molecule has 2 aliphatic heterocycles. The SMILES string of the molecule is CC(C)(C)NC(=O)CN1CC2CN(CCOc3ccc(C#N)cc3F)CC(C1)O2. The van der Waals surface area contributed by atoms with Crippen molar-refractivity contribution in [3.63, 3.8) is 0 Å². The van der Waals surface area contributed by atoms with Gasteiger partial charge in [-0.3, -0.25) is 14.6 Å². The minimum Gasteiger partial charge on any atom is -0.489 e. The molecule has 2 saturated heterocycles.